The normalized spacial score (nSPS) is 20.7. The lowest BCUT2D eigenvalue weighted by Gasteiger charge is -2.13. The fourth-order valence-corrected chi connectivity index (χ4v) is 2.53. The molecule has 0 spiro atoms. The van der Waals surface area contributed by atoms with E-state index in [1.807, 2.05) is 5.38 Å². The molecule has 1 unspecified atom stereocenters. The molecule has 0 aliphatic carbocycles. The average Bonchev–Trinajstić information content (AvgIpc) is 2.76. The molecule has 1 aromatic heterocycles. The third-order valence-corrected chi connectivity index (χ3v) is 3.46. The van der Waals surface area contributed by atoms with Crippen molar-refractivity contribution < 1.29 is 4.92 Å². The van der Waals surface area contributed by atoms with Crippen LogP contribution in [0, 0.1) is 10.1 Å². The number of likely N-dealkylation sites (tertiary alicyclic amines) is 1. The van der Waals surface area contributed by atoms with E-state index in [1.165, 1.54) is 11.3 Å². The summed E-state index contributed by atoms with van der Waals surface area (Å²) in [6, 6.07) is 1.91. The van der Waals surface area contributed by atoms with Gasteiger partial charge in [-0.3, -0.25) is 15.0 Å². The first-order valence-corrected chi connectivity index (χ1v) is 5.73. The molecular formula is C9H14ClN3O2S. The molecule has 0 aromatic carbocycles. The Morgan fingerprint density at radius 1 is 1.69 bits per heavy atom. The van der Waals surface area contributed by atoms with Crippen molar-refractivity contribution in [2.45, 2.75) is 19.0 Å². The van der Waals surface area contributed by atoms with Crippen LogP contribution < -0.4 is 5.73 Å². The largest absolute Gasteiger partial charge is 0.326 e. The maximum absolute atomic E-state index is 10.5. The lowest BCUT2D eigenvalue weighted by atomic mass is 10.3. The molecule has 0 saturated carbocycles. The molecule has 1 fully saturated rings. The first kappa shape index (κ1) is 13.4. The Morgan fingerprint density at radius 2 is 2.44 bits per heavy atom. The summed E-state index contributed by atoms with van der Waals surface area (Å²) in [5.41, 5.74) is 6.80. The van der Waals surface area contributed by atoms with E-state index in [0.29, 0.717) is 0 Å². The standard InChI is InChI=1S/C9H13N3O2S.ClH/c10-8-1-2-11(5-8)4-7-3-9(12(13)14)15-6-7;/h3,6,8H,1-2,4-5,10H2;1H. The van der Waals surface area contributed by atoms with E-state index in [1.54, 1.807) is 6.07 Å². The smallest absolute Gasteiger partial charge is 0.324 e. The molecule has 1 aromatic rings. The van der Waals surface area contributed by atoms with E-state index in [2.05, 4.69) is 4.90 Å². The highest BCUT2D eigenvalue weighted by Crippen LogP contribution is 2.24. The number of rotatable bonds is 3. The number of hydrogen-bond acceptors (Lipinski definition) is 5. The summed E-state index contributed by atoms with van der Waals surface area (Å²) in [6.07, 6.45) is 1.02. The fraction of sp³-hybridized carbons (Fsp3) is 0.556. The second-order valence-corrected chi connectivity index (χ2v) is 4.72. The third kappa shape index (κ3) is 3.15. The molecule has 5 nitrogen and oxygen atoms in total. The molecule has 0 radical (unpaired) electrons. The minimum atomic E-state index is -0.343. The highest BCUT2D eigenvalue weighted by Gasteiger charge is 2.20. The second-order valence-electron chi connectivity index (χ2n) is 3.83. The van der Waals surface area contributed by atoms with Crippen LogP contribution in [-0.2, 0) is 6.54 Å². The minimum Gasteiger partial charge on any atom is -0.326 e. The van der Waals surface area contributed by atoms with Crippen LogP contribution in [0.2, 0.25) is 0 Å². The topological polar surface area (TPSA) is 72.4 Å². The molecule has 90 valence electrons. The van der Waals surface area contributed by atoms with Crippen molar-refractivity contribution in [1.29, 1.82) is 0 Å². The zero-order valence-electron chi connectivity index (χ0n) is 8.67. The number of halogens is 1. The van der Waals surface area contributed by atoms with Gasteiger partial charge in [-0.1, -0.05) is 11.3 Å². The average molecular weight is 264 g/mol. The maximum atomic E-state index is 10.5. The first-order chi connectivity index (χ1) is 7.15. The van der Waals surface area contributed by atoms with Gasteiger partial charge >= 0.3 is 5.00 Å². The van der Waals surface area contributed by atoms with Crippen LogP contribution in [0.15, 0.2) is 11.4 Å². The van der Waals surface area contributed by atoms with E-state index in [9.17, 15) is 10.1 Å². The summed E-state index contributed by atoms with van der Waals surface area (Å²) in [6.45, 7) is 2.66. The van der Waals surface area contributed by atoms with Gasteiger partial charge < -0.3 is 5.73 Å². The number of hydrogen-bond donors (Lipinski definition) is 1. The van der Waals surface area contributed by atoms with Gasteiger partial charge in [0.2, 0.25) is 0 Å². The number of nitrogens with two attached hydrogens (primary N) is 1. The van der Waals surface area contributed by atoms with Crippen LogP contribution in [0.4, 0.5) is 5.00 Å². The van der Waals surface area contributed by atoms with E-state index in [-0.39, 0.29) is 28.4 Å². The molecule has 7 heteroatoms. The predicted octanol–water partition coefficient (Wildman–Crippen LogP) is 1.61. The van der Waals surface area contributed by atoms with Crippen LogP contribution in [0.3, 0.4) is 0 Å². The second kappa shape index (κ2) is 5.58. The Balaban J connectivity index is 0.00000128. The molecule has 0 bridgehead atoms. The summed E-state index contributed by atoms with van der Waals surface area (Å²) >= 11 is 1.18. The molecule has 1 aliphatic heterocycles. The Hall–Kier alpha value is -0.690. The van der Waals surface area contributed by atoms with Crippen molar-refractivity contribution in [3.8, 4) is 0 Å². The molecule has 1 atom stereocenters. The Morgan fingerprint density at radius 3 is 2.94 bits per heavy atom. The monoisotopic (exact) mass is 263 g/mol. The van der Waals surface area contributed by atoms with Crippen LogP contribution in [0.25, 0.3) is 0 Å². The van der Waals surface area contributed by atoms with Gasteiger partial charge in [-0.25, -0.2) is 0 Å². The van der Waals surface area contributed by atoms with E-state index in [4.69, 9.17) is 5.73 Å². The van der Waals surface area contributed by atoms with Crippen molar-refractivity contribution in [2.75, 3.05) is 13.1 Å². The Bertz CT molecular complexity index is 371. The van der Waals surface area contributed by atoms with Gasteiger partial charge in [0.25, 0.3) is 0 Å². The molecule has 1 aliphatic rings. The van der Waals surface area contributed by atoms with E-state index in [0.717, 1.165) is 31.6 Å². The van der Waals surface area contributed by atoms with Crippen molar-refractivity contribution in [2.24, 2.45) is 5.73 Å². The lowest BCUT2D eigenvalue weighted by molar-refractivity contribution is -0.380. The summed E-state index contributed by atoms with van der Waals surface area (Å²) in [5, 5.41) is 12.6. The van der Waals surface area contributed by atoms with Gasteiger partial charge in [0.1, 0.15) is 0 Å². The zero-order valence-corrected chi connectivity index (χ0v) is 10.3. The summed E-state index contributed by atoms with van der Waals surface area (Å²) in [7, 11) is 0. The van der Waals surface area contributed by atoms with Gasteiger partial charge in [0.05, 0.1) is 4.92 Å². The van der Waals surface area contributed by atoms with Crippen molar-refractivity contribution in [3.05, 3.63) is 27.1 Å². The Kier molecular flexibility index (Phi) is 4.67. The third-order valence-electron chi connectivity index (χ3n) is 2.53. The van der Waals surface area contributed by atoms with Crippen LogP contribution in [-0.4, -0.2) is 29.0 Å². The van der Waals surface area contributed by atoms with Crippen LogP contribution >= 0.6 is 23.7 Å². The first-order valence-electron chi connectivity index (χ1n) is 4.85. The molecule has 16 heavy (non-hydrogen) atoms. The summed E-state index contributed by atoms with van der Waals surface area (Å²) in [4.78, 5) is 12.4. The number of nitro groups is 1. The lowest BCUT2D eigenvalue weighted by Crippen LogP contribution is -2.26. The fourth-order valence-electron chi connectivity index (χ4n) is 1.81. The van der Waals surface area contributed by atoms with Crippen molar-refractivity contribution in [3.63, 3.8) is 0 Å². The highest BCUT2D eigenvalue weighted by atomic mass is 35.5. The molecule has 0 amide bonds. The number of thiophene rings is 1. The highest BCUT2D eigenvalue weighted by molar-refractivity contribution is 7.13. The van der Waals surface area contributed by atoms with Gasteiger partial charge in [0.15, 0.2) is 0 Å². The van der Waals surface area contributed by atoms with Gasteiger partial charge in [0, 0.05) is 37.1 Å². The minimum absolute atomic E-state index is 0. The number of nitrogens with zero attached hydrogens (tertiary/aromatic N) is 2. The van der Waals surface area contributed by atoms with Crippen molar-refractivity contribution >= 4 is 28.7 Å². The van der Waals surface area contributed by atoms with Crippen LogP contribution in [0.5, 0.6) is 0 Å². The summed E-state index contributed by atoms with van der Waals surface area (Å²) in [5.74, 6) is 0. The molecule has 2 N–H and O–H groups in total. The van der Waals surface area contributed by atoms with Crippen LogP contribution in [0.1, 0.15) is 12.0 Å². The SMILES string of the molecule is Cl.NC1CCN(Cc2csc([N+](=O)[O-])c2)C1. The zero-order chi connectivity index (χ0) is 10.8. The predicted molar refractivity (Wildman–Crippen MR) is 66.1 cm³/mol. The Labute approximate surface area is 104 Å². The quantitative estimate of drug-likeness (QED) is 0.664. The summed E-state index contributed by atoms with van der Waals surface area (Å²) < 4.78 is 0. The van der Waals surface area contributed by atoms with Gasteiger partial charge in [-0.15, -0.1) is 12.4 Å². The van der Waals surface area contributed by atoms with E-state index >= 15 is 0 Å². The molecule has 2 heterocycles. The molecular weight excluding hydrogens is 250 g/mol. The van der Waals surface area contributed by atoms with Crippen molar-refractivity contribution in [1.82, 2.24) is 4.90 Å². The van der Waals surface area contributed by atoms with Gasteiger partial charge in [-0.05, 0) is 12.0 Å². The molecule has 1 saturated heterocycles. The van der Waals surface area contributed by atoms with Gasteiger partial charge in [-0.2, -0.15) is 0 Å². The molecule has 2 rings (SSSR count). The van der Waals surface area contributed by atoms with E-state index < -0.39 is 0 Å². The maximum Gasteiger partial charge on any atom is 0.324 e.